The number of carbonyl (C=O) groups excluding carboxylic acids is 3. The maximum atomic E-state index is 12.6. The maximum Gasteiger partial charge on any atom is 0.239 e. The van der Waals surface area contributed by atoms with Crippen LogP contribution in [0.1, 0.15) is 31.4 Å². The fraction of sp³-hybridized carbons (Fsp3) is 0.667. The van der Waals surface area contributed by atoms with E-state index in [0.29, 0.717) is 37.9 Å². The van der Waals surface area contributed by atoms with Crippen molar-refractivity contribution in [1.82, 2.24) is 15.4 Å². The van der Waals surface area contributed by atoms with Crippen LogP contribution in [-0.2, 0) is 23.9 Å². The van der Waals surface area contributed by atoms with E-state index in [1.165, 1.54) is 4.90 Å². The highest BCUT2D eigenvalue weighted by Gasteiger charge is 2.24. The first kappa shape index (κ1) is 21.8. The van der Waals surface area contributed by atoms with E-state index in [1.54, 1.807) is 20.1 Å². The maximum absolute atomic E-state index is 12.6. The van der Waals surface area contributed by atoms with E-state index in [1.807, 2.05) is 0 Å². The zero-order valence-electron chi connectivity index (χ0n) is 16.4. The highest BCUT2D eigenvalue weighted by Crippen LogP contribution is 2.14. The van der Waals surface area contributed by atoms with Gasteiger partial charge in [0.25, 0.3) is 0 Å². The van der Waals surface area contributed by atoms with Crippen LogP contribution in [-0.4, -0.2) is 73.8 Å². The minimum Gasteiger partial charge on any atom is -0.383 e. The van der Waals surface area contributed by atoms with Gasteiger partial charge in [0.05, 0.1) is 19.3 Å². The normalized spacial score (nSPS) is 16.0. The van der Waals surface area contributed by atoms with Gasteiger partial charge in [0.15, 0.2) is 5.82 Å². The molecule has 3 amide bonds. The summed E-state index contributed by atoms with van der Waals surface area (Å²) in [5.74, 6) is -0.00431. The van der Waals surface area contributed by atoms with E-state index in [-0.39, 0.29) is 43.2 Å². The highest BCUT2D eigenvalue weighted by molar-refractivity contribution is 5.93. The first-order chi connectivity index (χ1) is 13.5. The molecule has 1 aromatic rings. The number of nitrogens with one attached hydrogen (secondary N) is 2. The standard InChI is InChI=1S/C18H28N4O6/c1-13-10-15(21-28-13)20-16(23)5-6-18(25)22(11-14-4-3-8-27-14)12-17(24)19-7-9-26-2/h10,14H,3-9,11-12H2,1-2H3,(H,19,24)(H,20,21,23). The van der Waals surface area contributed by atoms with Crippen LogP contribution in [0, 0.1) is 6.92 Å². The number of aromatic nitrogens is 1. The van der Waals surface area contributed by atoms with Crippen LogP contribution in [0.4, 0.5) is 5.82 Å². The fourth-order valence-electron chi connectivity index (χ4n) is 2.82. The zero-order chi connectivity index (χ0) is 20.4. The van der Waals surface area contributed by atoms with E-state index < -0.39 is 0 Å². The molecule has 10 nitrogen and oxygen atoms in total. The molecule has 1 saturated heterocycles. The average molecular weight is 396 g/mol. The van der Waals surface area contributed by atoms with Crippen LogP contribution in [0.2, 0.25) is 0 Å². The van der Waals surface area contributed by atoms with Crippen molar-refractivity contribution in [2.45, 2.75) is 38.7 Å². The van der Waals surface area contributed by atoms with Crippen LogP contribution < -0.4 is 10.6 Å². The summed E-state index contributed by atoms with van der Waals surface area (Å²) in [5.41, 5.74) is 0. The first-order valence-electron chi connectivity index (χ1n) is 9.36. The van der Waals surface area contributed by atoms with Crippen molar-refractivity contribution in [3.8, 4) is 0 Å². The van der Waals surface area contributed by atoms with E-state index in [9.17, 15) is 14.4 Å². The number of nitrogens with zero attached hydrogens (tertiary/aromatic N) is 2. The van der Waals surface area contributed by atoms with Crippen LogP contribution in [0.3, 0.4) is 0 Å². The van der Waals surface area contributed by atoms with Crippen molar-refractivity contribution < 1.29 is 28.4 Å². The zero-order valence-corrected chi connectivity index (χ0v) is 16.4. The molecule has 0 spiro atoms. The Hall–Kier alpha value is -2.46. The Labute approximate surface area is 163 Å². The Morgan fingerprint density at radius 1 is 1.32 bits per heavy atom. The molecule has 1 fully saturated rings. The number of aryl methyl sites for hydroxylation is 1. The lowest BCUT2D eigenvalue weighted by atomic mass is 10.2. The molecule has 2 heterocycles. The van der Waals surface area contributed by atoms with E-state index in [0.717, 1.165) is 12.8 Å². The number of rotatable bonds is 11. The smallest absolute Gasteiger partial charge is 0.239 e. The lowest BCUT2D eigenvalue weighted by Gasteiger charge is -2.25. The molecule has 1 unspecified atom stereocenters. The molecule has 10 heteroatoms. The third kappa shape index (κ3) is 7.65. The molecular formula is C18H28N4O6. The molecule has 28 heavy (non-hydrogen) atoms. The van der Waals surface area contributed by atoms with Gasteiger partial charge in [-0.1, -0.05) is 5.16 Å². The average Bonchev–Trinajstić information content (AvgIpc) is 3.31. The lowest BCUT2D eigenvalue weighted by Crippen LogP contribution is -2.44. The minimum absolute atomic E-state index is 0.0132. The van der Waals surface area contributed by atoms with Crippen molar-refractivity contribution in [3.05, 3.63) is 11.8 Å². The van der Waals surface area contributed by atoms with Crippen molar-refractivity contribution in [1.29, 1.82) is 0 Å². The summed E-state index contributed by atoms with van der Waals surface area (Å²) >= 11 is 0. The Kier molecular flexibility index (Phi) is 8.89. The van der Waals surface area contributed by atoms with Crippen LogP contribution in [0.25, 0.3) is 0 Å². The van der Waals surface area contributed by atoms with E-state index in [4.69, 9.17) is 14.0 Å². The van der Waals surface area contributed by atoms with Gasteiger partial charge >= 0.3 is 0 Å². The van der Waals surface area contributed by atoms with Gasteiger partial charge in [-0.15, -0.1) is 0 Å². The van der Waals surface area contributed by atoms with E-state index >= 15 is 0 Å². The summed E-state index contributed by atoms with van der Waals surface area (Å²) < 4.78 is 15.4. The molecule has 0 aliphatic carbocycles. The van der Waals surface area contributed by atoms with Gasteiger partial charge in [0.2, 0.25) is 17.7 Å². The number of carbonyl (C=O) groups is 3. The monoisotopic (exact) mass is 396 g/mol. The predicted octanol–water partition coefficient (Wildman–Crippen LogP) is 0.472. The van der Waals surface area contributed by atoms with Crippen LogP contribution >= 0.6 is 0 Å². The third-order valence-corrected chi connectivity index (χ3v) is 4.22. The Balaban J connectivity index is 1.83. The summed E-state index contributed by atoms with van der Waals surface area (Å²) in [7, 11) is 1.55. The van der Waals surface area contributed by atoms with Gasteiger partial charge < -0.3 is 29.5 Å². The Morgan fingerprint density at radius 3 is 2.79 bits per heavy atom. The molecule has 0 saturated carbocycles. The lowest BCUT2D eigenvalue weighted by molar-refractivity contribution is -0.138. The molecule has 0 radical (unpaired) electrons. The molecule has 1 aromatic heterocycles. The van der Waals surface area contributed by atoms with Gasteiger partial charge in [-0.25, -0.2) is 0 Å². The highest BCUT2D eigenvalue weighted by atomic mass is 16.5. The number of hydrogen-bond donors (Lipinski definition) is 2. The molecule has 1 aliphatic heterocycles. The molecular weight excluding hydrogens is 368 g/mol. The number of methoxy groups -OCH3 is 1. The molecule has 1 aliphatic rings. The molecule has 156 valence electrons. The number of hydrogen-bond acceptors (Lipinski definition) is 7. The van der Waals surface area contributed by atoms with Crippen molar-refractivity contribution in [3.63, 3.8) is 0 Å². The topological polar surface area (TPSA) is 123 Å². The molecule has 2 N–H and O–H groups in total. The second-order valence-corrected chi connectivity index (χ2v) is 6.62. The van der Waals surface area contributed by atoms with E-state index in [2.05, 4.69) is 15.8 Å². The minimum atomic E-state index is -0.344. The van der Waals surface area contributed by atoms with Gasteiger partial charge in [0, 0.05) is 45.7 Å². The van der Waals surface area contributed by atoms with Crippen molar-refractivity contribution in [2.75, 3.05) is 45.3 Å². The number of ether oxygens (including phenoxy) is 2. The molecule has 0 aromatic carbocycles. The summed E-state index contributed by atoms with van der Waals surface area (Å²) in [6.07, 6.45) is 1.68. The number of anilines is 1. The summed E-state index contributed by atoms with van der Waals surface area (Å²) in [6.45, 7) is 3.40. The summed E-state index contributed by atoms with van der Waals surface area (Å²) in [5, 5.41) is 8.95. The Bertz CT molecular complexity index is 656. The van der Waals surface area contributed by atoms with Gasteiger partial charge in [-0.05, 0) is 19.8 Å². The quantitative estimate of drug-likeness (QED) is 0.521. The molecule has 2 rings (SSSR count). The second-order valence-electron chi connectivity index (χ2n) is 6.62. The SMILES string of the molecule is COCCNC(=O)CN(CC1CCCO1)C(=O)CCC(=O)Nc1cc(C)on1. The second kappa shape index (κ2) is 11.4. The molecule has 0 bridgehead atoms. The summed E-state index contributed by atoms with van der Waals surface area (Å²) in [6, 6.07) is 1.59. The largest absolute Gasteiger partial charge is 0.383 e. The molecule has 1 atom stereocenters. The Morgan fingerprint density at radius 2 is 2.14 bits per heavy atom. The van der Waals surface area contributed by atoms with Gasteiger partial charge in [0.1, 0.15) is 5.76 Å². The van der Waals surface area contributed by atoms with Crippen LogP contribution in [0.15, 0.2) is 10.6 Å². The van der Waals surface area contributed by atoms with Crippen LogP contribution in [0.5, 0.6) is 0 Å². The first-order valence-corrected chi connectivity index (χ1v) is 9.36. The van der Waals surface area contributed by atoms with Crippen molar-refractivity contribution in [2.24, 2.45) is 0 Å². The number of amides is 3. The predicted molar refractivity (Wildman–Crippen MR) is 99.5 cm³/mol. The van der Waals surface area contributed by atoms with Gasteiger partial charge in [-0.2, -0.15) is 0 Å². The summed E-state index contributed by atoms with van der Waals surface area (Å²) in [4.78, 5) is 38.2. The third-order valence-electron chi connectivity index (χ3n) is 4.22. The fourth-order valence-corrected chi connectivity index (χ4v) is 2.82. The van der Waals surface area contributed by atoms with Crippen molar-refractivity contribution >= 4 is 23.5 Å². The van der Waals surface area contributed by atoms with Gasteiger partial charge in [-0.3, -0.25) is 14.4 Å².